The number of aromatic amines is 1. The number of amides is 1. The van der Waals surface area contributed by atoms with Crippen molar-refractivity contribution in [2.24, 2.45) is 5.16 Å². The van der Waals surface area contributed by atoms with E-state index in [-0.39, 0.29) is 5.91 Å². The molecule has 0 fully saturated rings. The van der Waals surface area contributed by atoms with Crippen LogP contribution in [0.5, 0.6) is 0 Å². The average molecular weight is 270 g/mol. The number of nitrogens with zero attached hydrogens (tertiary/aromatic N) is 2. The lowest BCUT2D eigenvalue weighted by Crippen LogP contribution is -2.28. The summed E-state index contributed by atoms with van der Waals surface area (Å²) in [7, 11) is 0. The lowest BCUT2D eigenvalue weighted by atomic mass is 10.0. The molecule has 2 heterocycles. The highest BCUT2D eigenvalue weighted by Crippen LogP contribution is 2.18. The van der Waals surface area contributed by atoms with Gasteiger partial charge in [-0.25, -0.2) is 0 Å². The topological polar surface area (TPSA) is 79.4 Å². The zero-order chi connectivity index (χ0) is 13.9. The van der Waals surface area contributed by atoms with Crippen LogP contribution in [-0.4, -0.2) is 27.9 Å². The number of H-pyrrole nitrogens is 1. The minimum atomic E-state index is -0.604. The van der Waals surface area contributed by atoms with Crippen LogP contribution in [0.25, 0.3) is 0 Å². The molecule has 3 rings (SSSR count). The maximum Gasteiger partial charge on any atom is 0.269 e. The fourth-order valence-corrected chi connectivity index (χ4v) is 2.00. The van der Waals surface area contributed by atoms with E-state index in [1.54, 1.807) is 6.20 Å². The van der Waals surface area contributed by atoms with Gasteiger partial charge in [0, 0.05) is 12.0 Å². The number of nitrogens with one attached hydrogen (secondary N) is 2. The number of hydrogen-bond donors (Lipinski definition) is 2. The molecule has 0 spiro atoms. The van der Waals surface area contributed by atoms with Crippen molar-refractivity contribution in [1.29, 1.82) is 0 Å². The van der Waals surface area contributed by atoms with E-state index >= 15 is 0 Å². The lowest BCUT2D eigenvalue weighted by Gasteiger charge is -2.08. The third-order valence-electron chi connectivity index (χ3n) is 3.15. The van der Waals surface area contributed by atoms with Gasteiger partial charge in [0.05, 0.1) is 11.9 Å². The molecular weight excluding hydrogens is 256 g/mol. The fraction of sp³-hybridized carbons (Fsp3) is 0.214. The van der Waals surface area contributed by atoms with E-state index < -0.39 is 6.10 Å². The molecule has 2 aromatic rings. The molecule has 1 aliphatic heterocycles. The Morgan fingerprint density at radius 1 is 1.40 bits per heavy atom. The van der Waals surface area contributed by atoms with Gasteiger partial charge in [0.15, 0.2) is 0 Å². The van der Waals surface area contributed by atoms with Crippen LogP contribution in [0.4, 0.5) is 5.82 Å². The summed E-state index contributed by atoms with van der Waals surface area (Å²) >= 11 is 0. The summed E-state index contributed by atoms with van der Waals surface area (Å²) in [6.45, 7) is 1.86. The number of carbonyl (C=O) groups is 1. The fourth-order valence-electron chi connectivity index (χ4n) is 2.00. The quantitative estimate of drug-likeness (QED) is 0.893. The van der Waals surface area contributed by atoms with Crippen LogP contribution >= 0.6 is 0 Å². The van der Waals surface area contributed by atoms with Crippen molar-refractivity contribution < 1.29 is 9.63 Å². The highest BCUT2D eigenvalue weighted by atomic mass is 16.6. The molecule has 0 aliphatic carbocycles. The van der Waals surface area contributed by atoms with E-state index in [2.05, 4.69) is 20.7 Å². The van der Waals surface area contributed by atoms with Gasteiger partial charge >= 0.3 is 0 Å². The zero-order valence-electron chi connectivity index (χ0n) is 11.0. The minimum absolute atomic E-state index is 0.230. The maximum atomic E-state index is 12.1. The summed E-state index contributed by atoms with van der Waals surface area (Å²) in [6, 6.07) is 9.69. The van der Waals surface area contributed by atoms with Crippen molar-refractivity contribution in [3.8, 4) is 0 Å². The molecule has 0 bridgehead atoms. The Labute approximate surface area is 115 Å². The first-order chi connectivity index (χ1) is 9.74. The van der Waals surface area contributed by atoms with Crippen molar-refractivity contribution >= 4 is 17.4 Å². The van der Waals surface area contributed by atoms with Gasteiger partial charge in [-0.15, -0.1) is 0 Å². The Kier molecular flexibility index (Phi) is 3.20. The number of anilines is 1. The molecule has 0 radical (unpaired) electrons. The zero-order valence-corrected chi connectivity index (χ0v) is 11.0. The van der Waals surface area contributed by atoms with Crippen LogP contribution in [0.2, 0.25) is 0 Å². The van der Waals surface area contributed by atoms with Crippen molar-refractivity contribution in [3.05, 3.63) is 47.7 Å². The first-order valence-corrected chi connectivity index (χ1v) is 6.33. The standard InChI is InChI=1S/C14H14N4O2/c1-9-8-15-17-13(9)16-14(19)12-7-11(18-20-12)10-5-3-2-4-6-10/h2-6,8,12H,7H2,1H3,(H2,15,16,17,19). The smallest absolute Gasteiger partial charge is 0.269 e. The predicted molar refractivity (Wildman–Crippen MR) is 74.4 cm³/mol. The molecular formula is C14H14N4O2. The van der Waals surface area contributed by atoms with Gasteiger partial charge in [0.25, 0.3) is 5.91 Å². The van der Waals surface area contributed by atoms with Crippen LogP contribution in [0, 0.1) is 6.92 Å². The van der Waals surface area contributed by atoms with Gasteiger partial charge in [-0.1, -0.05) is 35.5 Å². The first kappa shape index (κ1) is 12.4. The molecule has 0 saturated carbocycles. The van der Waals surface area contributed by atoms with Gasteiger partial charge in [-0.3, -0.25) is 9.89 Å². The molecule has 1 aromatic heterocycles. The monoisotopic (exact) mass is 270 g/mol. The van der Waals surface area contributed by atoms with E-state index in [4.69, 9.17) is 4.84 Å². The van der Waals surface area contributed by atoms with Crippen molar-refractivity contribution in [2.75, 3.05) is 5.32 Å². The number of rotatable bonds is 3. The number of hydrogen-bond acceptors (Lipinski definition) is 4. The summed E-state index contributed by atoms with van der Waals surface area (Å²) in [5.74, 6) is 0.360. The highest BCUT2D eigenvalue weighted by Gasteiger charge is 2.29. The number of carbonyl (C=O) groups excluding carboxylic acids is 1. The molecule has 6 heteroatoms. The summed E-state index contributed by atoms with van der Waals surface area (Å²) in [5, 5.41) is 13.3. The SMILES string of the molecule is Cc1cn[nH]c1NC(=O)C1CC(c2ccccc2)=NO1. The Morgan fingerprint density at radius 3 is 2.90 bits per heavy atom. The van der Waals surface area contributed by atoms with E-state index in [0.29, 0.717) is 12.2 Å². The molecule has 6 nitrogen and oxygen atoms in total. The predicted octanol–water partition coefficient (Wildman–Crippen LogP) is 1.85. The van der Waals surface area contributed by atoms with Gasteiger partial charge in [-0.05, 0) is 12.5 Å². The molecule has 1 aliphatic rings. The molecule has 20 heavy (non-hydrogen) atoms. The van der Waals surface area contributed by atoms with Gasteiger partial charge in [0.1, 0.15) is 5.82 Å². The lowest BCUT2D eigenvalue weighted by molar-refractivity contribution is -0.125. The Morgan fingerprint density at radius 2 is 2.20 bits per heavy atom. The van der Waals surface area contributed by atoms with E-state index in [1.807, 2.05) is 37.3 Å². The Hall–Kier alpha value is -2.63. The van der Waals surface area contributed by atoms with E-state index in [0.717, 1.165) is 16.8 Å². The Bertz CT molecular complexity index is 648. The second-order valence-electron chi connectivity index (χ2n) is 4.62. The average Bonchev–Trinajstić information content (AvgIpc) is 3.10. The number of oxime groups is 1. The summed E-state index contributed by atoms with van der Waals surface area (Å²) in [5.41, 5.74) is 2.63. The Balaban J connectivity index is 1.64. The van der Waals surface area contributed by atoms with Crippen molar-refractivity contribution in [2.45, 2.75) is 19.4 Å². The molecule has 1 amide bonds. The third kappa shape index (κ3) is 2.40. The van der Waals surface area contributed by atoms with Crippen LogP contribution in [0.1, 0.15) is 17.5 Å². The summed E-state index contributed by atoms with van der Waals surface area (Å²) < 4.78 is 0. The summed E-state index contributed by atoms with van der Waals surface area (Å²) in [4.78, 5) is 17.3. The highest BCUT2D eigenvalue weighted by molar-refractivity contribution is 6.06. The number of aromatic nitrogens is 2. The van der Waals surface area contributed by atoms with Crippen LogP contribution in [-0.2, 0) is 9.63 Å². The van der Waals surface area contributed by atoms with E-state index in [1.165, 1.54) is 0 Å². The molecule has 102 valence electrons. The normalized spacial score (nSPS) is 17.4. The first-order valence-electron chi connectivity index (χ1n) is 6.33. The largest absolute Gasteiger partial charge is 0.382 e. The maximum absolute atomic E-state index is 12.1. The molecule has 1 aromatic carbocycles. The molecule has 2 N–H and O–H groups in total. The van der Waals surface area contributed by atoms with Crippen LogP contribution < -0.4 is 5.32 Å². The van der Waals surface area contributed by atoms with Gasteiger partial charge in [-0.2, -0.15) is 5.10 Å². The van der Waals surface area contributed by atoms with Gasteiger partial charge < -0.3 is 10.2 Å². The van der Waals surface area contributed by atoms with Crippen LogP contribution in [0.15, 0.2) is 41.7 Å². The number of benzene rings is 1. The molecule has 0 saturated heterocycles. The van der Waals surface area contributed by atoms with E-state index in [9.17, 15) is 4.79 Å². The molecule has 1 unspecified atom stereocenters. The molecule has 1 atom stereocenters. The van der Waals surface area contributed by atoms with Crippen LogP contribution in [0.3, 0.4) is 0 Å². The summed E-state index contributed by atoms with van der Waals surface area (Å²) in [6.07, 6.45) is 1.51. The third-order valence-corrected chi connectivity index (χ3v) is 3.15. The number of aryl methyl sites for hydroxylation is 1. The second-order valence-corrected chi connectivity index (χ2v) is 4.62. The second kappa shape index (κ2) is 5.16. The van der Waals surface area contributed by atoms with Crippen molar-refractivity contribution in [1.82, 2.24) is 10.2 Å². The minimum Gasteiger partial charge on any atom is -0.382 e. The van der Waals surface area contributed by atoms with Gasteiger partial charge in [0.2, 0.25) is 6.10 Å². The van der Waals surface area contributed by atoms with Crippen molar-refractivity contribution in [3.63, 3.8) is 0 Å².